The zero-order valence-corrected chi connectivity index (χ0v) is 19.1. The fourth-order valence-electron chi connectivity index (χ4n) is 4.90. The molecular formula is C23H36O3Si. The Bertz CT molecular complexity index is 744. The van der Waals surface area contributed by atoms with Crippen molar-refractivity contribution in [3.63, 3.8) is 0 Å². The lowest BCUT2D eigenvalue weighted by Crippen LogP contribution is -2.54. The summed E-state index contributed by atoms with van der Waals surface area (Å²) in [4.78, 5) is 12.4. The number of hydrogen-bond donors (Lipinski definition) is 1. The molecule has 2 aliphatic carbocycles. The van der Waals surface area contributed by atoms with Gasteiger partial charge in [-0.15, -0.1) is 0 Å². The number of aryl methyl sites for hydroxylation is 1. The maximum atomic E-state index is 12.4. The first-order chi connectivity index (χ1) is 12.3. The van der Waals surface area contributed by atoms with Crippen LogP contribution in [-0.4, -0.2) is 24.8 Å². The number of fused-ring (bicyclic) bond motifs is 3. The zero-order valence-electron chi connectivity index (χ0n) is 18.1. The van der Waals surface area contributed by atoms with E-state index in [9.17, 15) is 9.90 Å². The summed E-state index contributed by atoms with van der Waals surface area (Å²) in [7, 11) is -1.87. The molecule has 2 aliphatic rings. The summed E-state index contributed by atoms with van der Waals surface area (Å²) >= 11 is 0. The quantitative estimate of drug-likeness (QED) is 0.706. The third-order valence-electron chi connectivity index (χ3n) is 7.66. The molecule has 0 aliphatic heterocycles. The van der Waals surface area contributed by atoms with Gasteiger partial charge < -0.3 is 9.53 Å². The number of hydrogen-bond acceptors (Lipinski definition) is 3. The molecule has 4 heteroatoms. The van der Waals surface area contributed by atoms with E-state index >= 15 is 0 Å². The van der Waals surface area contributed by atoms with Crippen LogP contribution in [0.3, 0.4) is 0 Å². The number of rotatable bonds is 3. The van der Waals surface area contributed by atoms with Crippen molar-refractivity contribution in [1.29, 1.82) is 0 Å². The first kappa shape index (κ1) is 20.6. The largest absolute Gasteiger partial charge is 0.543 e. The Hall–Kier alpha value is -1.13. The number of benzene rings is 1. The van der Waals surface area contributed by atoms with Gasteiger partial charge in [-0.1, -0.05) is 33.8 Å². The first-order valence-corrected chi connectivity index (χ1v) is 13.3. The van der Waals surface area contributed by atoms with Gasteiger partial charge >= 0.3 is 0 Å². The maximum Gasteiger partial charge on any atom is 0.250 e. The van der Waals surface area contributed by atoms with Crippen molar-refractivity contribution in [2.75, 3.05) is 0 Å². The van der Waals surface area contributed by atoms with Crippen LogP contribution in [0.4, 0.5) is 0 Å². The van der Waals surface area contributed by atoms with Crippen molar-refractivity contribution in [3.05, 3.63) is 29.3 Å². The molecule has 0 spiro atoms. The zero-order chi connectivity index (χ0) is 20.3. The molecule has 3 nitrogen and oxygen atoms in total. The monoisotopic (exact) mass is 388 g/mol. The van der Waals surface area contributed by atoms with Crippen LogP contribution in [0, 0.1) is 5.92 Å². The number of Topliss-reactive ketones (excluding diaryl/α,β-unsaturated/α-hetero) is 1. The Morgan fingerprint density at radius 2 is 1.96 bits per heavy atom. The van der Waals surface area contributed by atoms with Crippen LogP contribution in [0.2, 0.25) is 18.1 Å². The molecule has 1 aromatic carbocycles. The van der Waals surface area contributed by atoms with Gasteiger partial charge in [0.05, 0.1) is 0 Å². The number of carbonyl (C=O) groups excluding carboxylic acids is 1. The molecule has 0 heterocycles. The lowest BCUT2D eigenvalue weighted by molar-refractivity contribution is -0.146. The minimum atomic E-state index is -1.87. The molecule has 1 aromatic rings. The van der Waals surface area contributed by atoms with Crippen LogP contribution in [0.25, 0.3) is 0 Å². The van der Waals surface area contributed by atoms with Crippen molar-refractivity contribution < 1.29 is 14.3 Å². The van der Waals surface area contributed by atoms with Crippen molar-refractivity contribution in [2.24, 2.45) is 5.92 Å². The predicted molar refractivity (Wildman–Crippen MR) is 113 cm³/mol. The minimum absolute atomic E-state index is 0.0119. The molecule has 150 valence electrons. The molecule has 0 saturated heterocycles. The van der Waals surface area contributed by atoms with E-state index in [-0.39, 0.29) is 16.2 Å². The molecule has 1 fully saturated rings. The number of carbonyl (C=O) groups is 1. The minimum Gasteiger partial charge on any atom is -0.543 e. The van der Waals surface area contributed by atoms with Crippen LogP contribution in [0.15, 0.2) is 18.2 Å². The first-order valence-electron chi connectivity index (χ1n) is 10.4. The smallest absolute Gasteiger partial charge is 0.250 e. The van der Waals surface area contributed by atoms with E-state index in [1.54, 1.807) is 6.92 Å². The summed E-state index contributed by atoms with van der Waals surface area (Å²) in [6, 6.07) is 6.57. The fourth-order valence-corrected chi connectivity index (χ4v) is 5.92. The summed E-state index contributed by atoms with van der Waals surface area (Å²) in [6.45, 7) is 15.2. The highest BCUT2D eigenvalue weighted by Crippen LogP contribution is 2.54. The van der Waals surface area contributed by atoms with Gasteiger partial charge in [0.25, 0.3) is 0 Å². The summed E-state index contributed by atoms with van der Waals surface area (Å²) in [5.41, 5.74) is 1.36. The third-order valence-corrected chi connectivity index (χ3v) is 12.0. The lowest BCUT2D eigenvalue weighted by atomic mass is 9.53. The van der Waals surface area contributed by atoms with E-state index in [1.165, 1.54) is 11.1 Å². The SMILES string of the molecule is CCC12CC(C)(O)C(=O)C[C@H]1CCc1cc(O[Si](C)(C)C(C)(C)C)ccc12. The molecule has 0 radical (unpaired) electrons. The van der Waals surface area contributed by atoms with Crippen LogP contribution in [0.1, 0.15) is 71.4 Å². The van der Waals surface area contributed by atoms with Crippen molar-refractivity contribution >= 4 is 14.1 Å². The second-order valence-corrected chi connectivity index (χ2v) is 15.2. The van der Waals surface area contributed by atoms with Gasteiger partial charge in [-0.2, -0.15) is 0 Å². The van der Waals surface area contributed by atoms with E-state index < -0.39 is 13.9 Å². The topological polar surface area (TPSA) is 46.5 Å². The van der Waals surface area contributed by atoms with Crippen LogP contribution in [0.5, 0.6) is 5.75 Å². The van der Waals surface area contributed by atoms with Crippen molar-refractivity contribution in [3.8, 4) is 5.75 Å². The van der Waals surface area contributed by atoms with Gasteiger partial charge in [0.2, 0.25) is 8.32 Å². The molecule has 1 saturated carbocycles. The van der Waals surface area contributed by atoms with E-state index in [4.69, 9.17) is 4.43 Å². The molecule has 27 heavy (non-hydrogen) atoms. The van der Waals surface area contributed by atoms with E-state index in [0.29, 0.717) is 18.8 Å². The van der Waals surface area contributed by atoms with Gasteiger partial charge in [-0.05, 0) is 79.9 Å². The standard InChI is InChI=1S/C23H36O3Si/c1-8-23-15-22(5,25)20(24)14-17(23)10-9-16-13-18(11-12-19(16)23)26-27(6,7)21(2,3)4/h11-13,17,25H,8-10,14-15H2,1-7H3/t17-,22?,23?/m1/s1. The summed E-state index contributed by atoms with van der Waals surface area (Å²) in [5, 5.41) is 10.9. The molecule has 0 bridgehead atoms. The van der Waals surface area contributed by atoms with Gasteiger partial charge in [0.15, 0.2) is 5.78 Å². The highest BCUT2D eigenvalue weighted by molar-refractivity contribution is 6.74. The van der Waals surface area contributed by atoms with E-state index in [1.807, 2.05) is 0 Å². The van der Waals surface area contributed by atoms with Crippen LogP contribution >= 0.6 is 0 Å². The fraction of sp³-hybridized carbons (Fsp3) is 0.696. The molecule has 2 unspecified atom stereocenters. The number of ketones is 1. The molecule has 0 amide bonds. The Labute approximate surface area is 165 Å². The summed E-state index contributed by atoms with van der Waals surface area (Å²) in [5.74, 6) is 1.33. The number of aliphatic hydroxyl groups is 1. The van der Waals surface area contributed by atoms with E-state index in [0.717, 1.165) is 25.0 Å². The highest BCUT2D eigenvalue weighted by Gasteiger charge is 2.53. The second kappa shape index (κ2) is 6.45. The molecule has 3 rings (SSSR count). The van der Waals surface area contributed by atoms with E-state index in [2.05, 4.69) is 59.0 Å². The van der Waals surface area contributed by atoms with Crippen molar-refractivity contribution in [2.45, 2.75) is 95.9 Å². The predicted octanol–water partition coefficient (Wildman–Crippen LogP) is 5.39. The summed E-state index contributed by atoms with van der Waals surface area (Å²) in [6.07, 6.45) is 4.01. The Balaban J connectivity index is 1.98. The normalized spacial score (nSPS) is 31.3. The van der Waals surface area contributed by atoms with Gasteiger partial charge in [0.1, 0.15) is 11.4 Å². The van der Waals surface area contributed by atoms with Gasteiger partial charge in [0, 0.05) is 11.8 Å². The third kappa shape index (κ3) is 3.40. The second-order valence-electron chi connectivity index (χ2n) is 10.5. The molecule has 0 aromatic heterocycles. The Kier molecular flexibility index (Phi) is 4.92. The maximum absolute atomic E-state index is 12.4. The average Bonchev–Trinajstić information content (AvgIpc) is 2.54. The molecule has 1 N–H and O–H groups in total. The van der Waals surface area contributed by atoms with Crippen LogP contribution in [-0.2, 0) is 16.6 Å². The average molecular weight is 389 g/mol. The molecule has 3 atom stereocenters. The van der Waals surface area contributed by atoms with Gasteiger partial charge in [-0.25, -0.2) is 0 Å². The summed E-state index contributed by atoms with van der Waals surface area (Å²) < 4.78 is 6.53. The highest BCUT2D eigenvalue weighted by atomic mass is 28.4. The van der Waals surface area contributed by atoms with Crippen LogP contribution < -0.4 is 4.43 Å². The van der Waals surface area contributed by atoms with Gasteiger partial charge in [-0.3, -0.25) is 4.79 Å². The Morgan fingerprint density at radius 1 is 1.30 bits per heavy atom. The van der Waals surface area contributed by atoms with Crippen molar-refractivity contribution in [1.82, 2.24) is 0 Å². The lowest BCUT2D eigenvalue weighted by Gasteiger charge is -2.52. The Morgan fingerprint density at radius 3 is 2.56 bits per heavy atom. The molecular weight excluding hydrogens is 352 g/mol.